The first kappa shape index (κ1) is 26.8. The number of methoxy groups -OCH3 is 1. The molecule has 0 aliphatic heterocycles. The van der Waals surface area contributed by atoms with Crippen molar-refractivity contribution in [1.29, 1.82) is 0 Å². The van der Waals surface area contributed by atoms with Crippen LogP contribution >= 0.6 is 24.0 Å². The maximum atomic E-state index is 9.26. The fourth-order valence-electron chi connectivity index (χ4n) is 2.86. The molecule has 0 spiro atoms. The van der Waals surface area contributed by atoms with Gasteiger partial charge in [-0.15, -0.1) is 24.0 Å². The number of aliphatic hydroxyl groups excluding tert-OH is 1. The standard InChI is InChI=1S/C21H37N3O3.HI/c1-6-22-21(24-15-18(11-12-25)13-16(2)3)23-14-17(4)27-20-9-7-19(26-5)8-10-20;/h7-10,16-18,25H,6,11-15H2,1-5H3,(H2,22,23,24);1H. The lowest BCUT2D eigenvalue weighted by atomic mass is 9.94. The summed E-state index contributed by atoms with van der Waals surface area (Å²) in [6.45, 7) is 10.8. The van der Waals surface area contributed by atoms with Gasteiger partial charge in [0.1, 0.15) is 17.6 Å². The highest BCUT2D eigenvalue weighted by molar-refractivity contribution is 14.0. The molecule has 0 aliphatic rings. The summed E-state index contributed by atoms with van der Waals surface area (Å²) in [7, 11) is 1.65. The molecule has 0 aliphatic carbocycles. The zero-order valence-corrected chi connectivity index (χ0v) is 20.2. The molecule has 1 rings (SSSR count). The van der Waals surface area contributed by atoms with Gasteiger partial charge in [-0.05, 0) is 62.8 Å². The van der Waals surface area contributed by atoms with Crippen LogP contribution in [-0.2, 0) is 0 Å². The van der Waals surface area contributed by atoms with Gasteiger partial charge in [0, 0.05) is 19.7 Å². The maximum Gasteiger partial charge on any atom is 0.191 e. The first-order chi connectivity index (χ1) is 13.0. The number of hydrogen-bond acceptors (Lipinski definition) is 4. The third-order valence-corrected chi connectivity index (χ3v) is 4.15. The van der Waals surface area contributed by atoms with Crippen LogP contribution in [0.15, 0.2) is 29.3 Å². The van der Waals surface area contributed by atoms with Gasteiger partial charge in [0.25, 0.3) is 0 Å². The summed E-state index contributed by atoms with van der Waals surface area (Å²) in [4.78, 5) is 4.70. The molecule has 0 saturated heterocycles. The number of nitrogens with one attached hydrogen (secondary N) is 2. The molecule has 2 atom stereocenters. The molecule has 28 heavy (non-hydrogen) atoms. The smallest absolute Gasteiger partial charge is 0.191 e. The second-order valence-electron chi connectivity index (χ2n) is 7.21. The van der Waals surface area contributed by atoms with Gasteiger partial charge < -0.3 is 25.2 Å². The highest BCUT2D eigenvalue weighted by atomic mass is 127. The van der Waals surface area contributed by atoms with Gasteiger partial charge >= 0.3 is 0 Å². The Balaban J connectivity index is 0.00000729. The van der Waals surface area contributed by atoms with Gasteiger partial charge in [-0.25, -0.2) is 0 Å². The summed E-state index contributed by atoms with van der Waals surface area (Å²) in [6, 6.07) is 7.58. The molecule has 1 aromatic rings. The monoisotopic (exact) mass is 507 g/mol. The number of aliphatic hydroxyl groups is 1. The molecule has 7 heteroatoms. The molecule has 1 aromatic carbocycles. The quantitative estimate of drug-likeness (QED) is 0.229. The average molecular weight is 507 g/mol. The van der Waals surface area contributed by atoms with E-state index < -0.39 is 0 Å². The lowest BCUT2D eigenvalue weighted by molar-refractivity contribution is 0.223. The number of ether oxygens (including phenoxy) is 2. The van der Waals surface area contributed by atoms with Crippen molar-refractivity contribution in [3.63, 3.8) is 0 Å². The molecule has 162 valence electrons. The first-order valence-electron chi connectivity index (χ1n) is 9.92. The third kappa shape index (κ3) is 11.6. The Morgan fingerprint density at radius 2 is 1.75 bits per heavy atom. The van der Waals surface area contributed by atoms with Crippen molar-refractivity contribution < 1.29 is 14.6 Å². The zero-order chi connectivity index (χ0) is 20.1. The second-order valence-corrected chi connectivity index (χ2v) is 7.21. The Morgan fingerprint density at radius 3 is 2.29 bits per heavy atom. The van der Waals surface area contributed by atoms with Gasteiger partial charge in [-0.1, -0.05) is 13.8 Å². The van der Waals surface area contributed by atoms with Crippen molar-refractivity contribution in [3.05, 3.63) is 24.3 Å². The van der Waals surface area contributed by atoms with Gasteiger partial charge in [-0.2, -0.15) is 0 Å². The van der Waals surface area contributed by atoms with E-state index in [0.29, 0.717) is 24.9 Å². The minimum Gasteiger partial charge on any atom is -0.497 e. The van der Waals surface area contributed by atoms with Crippen molar-refractivity contribution in [2.75, 3.05) is 33.4 Å². The van der Waals surface area contributed by atoms with Crippen molar-refractivity contribution in [2.24, 2.45) is 16.8 Å². The van der Waals surface area contributed by atoms with Crippen LogP contribution in [0, 0.1) is 11.8 Å². The lowest BCUT2D eigenvalue weighted by Gasteiger charge is -2.19. The van der Waals surface area contributed by atoms with Crippen molar-refractivity contribution in [2.45, 2.75) is 46.6 Å². The SMILES string of the molecule is CCNC(=NCC(CCO)CC(C)C)NCC(C)Oc1ccc(OC)cc1.I. The number of hydrogen-bond donors (Lipinski definition) is 3. The summed E-state index contributed by atoms with van der Waals surface area (Å²) < 4.78 is 11.1. The largest absolute Gasteiger partial charge is 0.497 e. The highest BCUT2D eigenvalue weighted by Crippen LogP contribution is 2.18. The summed E-state index contributed by atoms with van der Waals surface area (Å²) in [5, 5.41) is 15.9. The molecular weight excluding hydrogens is 469 g/mol. The van der Waals surface area contributed by atoms with E-state index in [4.69, 9.17) is 14.5 Å². The minimum atomic E-state index is -0.00819. The summed E-state index contributed by atoms with van der Waals surface area (Å²) in [6.07, 6.45) is 1.85. The van der Waals surface area contributed by atoms with Gasteiger partial charge in [0.05, 0.1) is 13.7 Å². The minimum absolute atomic E-state index is 0. The van der Waals surface area contributed by atoms with Gasteiger partial charge in [-0.3, -0.25) is 4.99 Å². The Hall–Kier alpha value is -1.22. The van der Waals surface area contributed by atoms with Crippen molar-refractivity contribution in [1.82, 2.24) is 10.6 Å². The number of benzene rings is 1. The summed E-state index contributed by atoms with van der Waals surface area (Å²) >= 11 is 0. The predicted octanol–water partition coefficient (Wildman–Crippen LogP) is 3.68. The van der Waals surface area contributed by atoms with Crippen LogP contribution in [0.5, 0.6) is 11.5 Å². The highest BCUT2D eigenvalue weighted by Gasteiger charge is 2.11. The van der Waals surface area contributed by atoms with Crippen LogP contribution in [0.3, 0.4) is 0 Å². The van der Waals surface area contributed by atoms with E-state index in [0.717, 1.165) is 36.8 Å². The Bertz CT molecular complexity index is 538. The first-order valence-corrected chi connectivity index (χ1v) is 9.92. The maximum absolute atomic E-state index is 9.26. The molecule has 3 N–H and O–H groups in total. The van der Waals surface area contributed by atoms with E-state index in [9.17, 15) is 5.11 Å². The zero-order valence-electron chi connectivity index (χ0n) is 17.9. The third-order valence-electron chi connectivity index (χ3n) is 4.15. The molecule has 0 bridgehead atoms. The van der Waals surface area contributed by atoms with Crippen LogP contribution < -0.4 is 20.1 Å². The van der Waals surface area contributed by atoms with E-state index in [1.165, 1.54) is 0 Å². The van der Waals surface area contributed by atoms with Gasteiger partial charge in [0.2, 0.25) is 0 Å². The van der Waals surface area contributed by atoms with Crippen LogP contribution in [-0.4, -0.2) is 50.5 Å². The number of halogens is 1. The van der Waals surface area contributed by atoms with Gasteiger partial charge in [0.15, 0.2) is 5.96 Å². The fraction of sp³-hybridized carbons (Fsp3) is 0.667. The molecule has 0 aromatic heterocycles. The number of rotatable bonds is 12. The summed E-state index contributed by atoms with van der Waals surface area (Å²) in [5.41, 5.74) is 0. The Kier molecular flexibility index (Phi) is 15.0. The van der Waals surface area contributed by atoms with Crippen LogP contribution in [0.2, 0.25) is 0 Å². The van der Waals surface area contributed by atoms with Crippen LogP contribution in [0.1, 0.15) is 40.5 Å². The lowest BCUT2D eigenvalue weighted by Crippen LogP contribution is -2.42. The molecule has 0 fully saturated rings. The van der Waals surface area contributed by atoms with E-state index in [-0.39, 0.29) is 36.7 Å². The Morgan fingerprint density at radius 1 is 1.11 bits per heavy atom. The number of aliphatic imine (C=N–C) groups is 1. The van der Waals surface area contributed by atoms with Crippen molar-refractivity contribution >= 4 is 29.9 Å². The molecular formula is C21H38IN3O3. The molecule has 0 radical (unpaired) electrons. The van der Waals surface area contributed by atoms with E-state index in [1.807, 2.05) is 38.1 Å². The van der Waals surface area contributed by atoms with E-state index in [1.54, 1.807) is 7.11 Å². The average Bonchev–Trinajstić information content (AvgIpc) is 2.64. The molecule has 6 nitrogen and oxygen atoms in total. The van der Waals surface area contributed by atoms with E-state index >= 15 is 0 Å². The number of nitrogens with zero attached hydrogens (tertiary/aromatic N) is 1. The molecule has 0 amide bonds. The number of guanidine groups is 1. The fourth-order valence-corrected chi connectivity index (χ4v) is 2.86. The topological polar surface area (TPSA) is 75.1 Å². The molecule has 2 unspecified atom stereocenters. The summed E-state index contributed by atoms with van der Waals surface area (Å²) in [5.74, 6) is 3.42. The second kappa shape index (κ2) is 15.7. The predicted molar refractivity (Wildman–Crippen MR) is 127 cm³/mol. The van der Waals surface area contributed by atoms with Crippen LogP contribution in [0.25, 0.3) is 0 Å². The molecule has 0 heterocycles. The normalized spacial score (nSPS) is 13.5. The molecule has 0 saturated carbocycles. The van der Waals surface area contributed by atoms with E-state index in [2.05, 4.69) is 24.5 Å². The Labute approximate surface area is 187 Å². The van der Waals surface area contributed by atoms with Crippen molar-refractivity contribution in [3.8, 4) is 11.5 Å². The van der Waals surface area contributed by atoms with Crippen LogP contribution in [0.4, 0.5) is 0 Å².